The van der Waals surface area contributed by atoms with Crippen LogP contribution in [0, 0.1) is 19.7 Å². The smallest absolute Gasteiger partial charge is 0.266 e. The van der Waals surface area contributed by atoms with Crippen LogP contribution < -0.4 is 10.2 Å². The van der Waals surface area contributed by atoms with Crippen molar-refractivity contribution >= 4 is 50.6 Å². The number of aryl methyl sites for hydroxylation is 2. The normalized spacial score (nSPS) is 14.5. The lowest BCUT2D eigenvalue weighted by Gasteiger charge is -2.28. The van der Waals surface area contributed by atoms with Gasteiger partial charge in [0.25, 0.3) is 5.91 Å². The van der Waals surface area contributed by atoms with Crippen molar-refractivity contribution in [2.45, 2.75) is 33.1 Å². The molecule has 1 amide bonds. The summed E-state index contributed by atoms with van der Waals surface area (Å²) in [5, 5.41) is 3.88. The van der Waals surface area contributed by atoms with E-state index in [2.05, 4.69) is 15.2 Å². The number of thiophene rings is 1. The fourth-order valence-electron chi connectivity index (χ4n) is 3.54. The van der Waals surface area contributed by atoms with E-state index in [-0.39, 0.29) is 10.9 Å². The largest absolute Gasteiger partial charge is 0.356 e. The second-order valence-corrected chi connectivity index (χ2v) is 8.36. The van der Waals surface area contributed by atoms with Crippen LogP contribution in [-0.4, -0.2) is 29.0 Å². The molecule has 1 fully saturated rings. The first-order valence-electron chi connectivity index (χ1n) is 9.23. The van der Waals surface area contributed by atoms with E-state index in [1.54, 1.807) is 0 Å². The minimum Gasteiger partial charge on any atom is -0.356 e. The fourth-order valence-corrected chi connectivity index (χ4v) is 4.87. The highest BCUT2D eigenvalue weighted by Crippen LogP contribution is 2.37. The van der Waals surface area contributed by atoms with Crippen molar-refractivity contribution < 1.29 is 9.18 Å². The maximum Gasteiger partial charge on any atom is 0.266 e. The summed E-state index contributed by atoms with van der Waals surface area (Å²) in [6.45, 7) is 5.73. The number of amides is 1. The number of halogens is 2. The molecule has 0 radical (unpaired) electrons. The number of hydrogen-bond donors (Lipinski definition) is 1. The van der Waals surface area contributed by atoms with Crippen LogP contribution in [0.15, 0.2) is 18.2 Å². The molecule has 1 aromatic carbocycles. The highest BCUT2D eigenvalue weighted by molar-refractivity contribution is 7.20. The van der Waals surface area contributed by atoms with Crippen LogP contribution in [-0.2, 0) is 0 Å². The third-order valence-electron chi connectivity index (χ3n) is 4.92. The lowest BCUT2D eigenvalue weighted by atomic mass is 10.1. The summed E-state index contributed by atoms with van der Waals surface area (Å²) in [4.78, 5) is 25.8. The van der Waals surface area contributed by atoms with Crippen LogP contribution in [0.4, 0.5) is 15.9 Å². The summed E-state index contributed by atoms with van der Waals surface area (Å²) in [5.74, 6) is 0.881. The Labute approximate surface area is 171 Å². The van der Waals surface area contributed by atoms with E-state index in [9.17, 15) is 9.18 Å². The van der Waals surface area contributed by atoms with E-state index in [0.29, 0.717) is 16.4 Å². The predicted molar refractivity (Wildman–Crippen MR) is 112 cm³/mol. The Morgan fingerprint density at radius 3 is 2.68 bits per heavy atom. The SMILES string of the molecule is Cc1nc(N2CCCCC2)c2c(C)c(C(=O)Nc3ccc(F)cc3Cl)sc2n1. The molecule has 8 heteroatoms. The van der Waals surface area contributed by atoms with Gasteiger partial charge in [-0.3, -0.25) is 4.79 Å². The Hall–Kier alpha value is -2.25. The number of nitrogens with one attached hydrogen (secondary N) is 1. The maximum absolute atomic E-state index is 13.3. The molecule has 0 aliphatic carbocycles. The van der Waals surface area contributed by atoms with E-state index in [1.165, 1.54) is 36.0 Å². The van der Waals surface area contributed by atoms with Gasteiger partial charge in [-0.25, -0.2) is 14.4 Å². The number of carbonyl (C=O) groups excluding carboxylic acids is 1. The molecule has 0 spiro atoms. The summed E-state index contributed by atoms with van der Waals surface area (Å²) < 4.78 is 13.3. The van der Waals surface area contributed by atoms with Crippen molar-refractivity contribution in [2.24, 2.45) is 0 Å². The molecule has 4 rings (SSSR count). The molecule has 1 N–H and O–H groups in total. The topological polar surface area (TPSA) is 58.1 Å². The molecule has 5 nitrogen and oxygen atoms in total. The molecule has 0 bridgehead atoms. The molecule has 3 aromatic rings. The van der Waals surface area contributed by atoms with Crippen molar-refractivity contribution in [3.63, 3.8) is 0 Å². The van der Waals surface area contributed by atoms with Gasteiger partial charge < -0.3 is 10.2 Å². The number of nitrogens with zero attached hydrogens (tertiary/aromatic N) is 3. The molecule has 0 unspecified atom stereocenters. The van der Waals surface area contributed by atoms with E-state index >= 15 is 0 Å². The Bertz CT molecular complexity index is 1060. The zero-order chi connectivity index (χ0) is 19.8. The van der Waals surface area contributed by atoms with Gasteiger partial charge in [-0.2, -0.15) is 0 Å². The van der Waals surface area contributed by atoms with Gasteiger partial charge in [-0.1, -0.05) is 11.6 Å². The second-order valence-electron chi connectivity index (χ2n) is 6.96. The Balaban J connectivity index is 1.73. The van der Waals surface area contributed by atoms with Crippen LogP contribution in [0.5, 0.6) is 0 Å². The fraction of sp³-hybridized carbons (Fsp3) is 0.350. The van der Waals surface area contributed by atoms with Gasteiger partial charge in [0, 0.05) is 13.1 Å². The molecule has 1 aliphatic rings. The number of anilines is 2. The molecule has 0 atom stereocenters. The predicted octanol–water partition coefficient (Wildman–Crippen LogP) is 5.34. The van der Waals surface area contributed by atoms with E-state index < -0.39 is 5.82 Å². The quantitative estimate of drug-likeness (QED) is 0.623. The van der Waals surface area contributed by atoms with Gasteiger partial charge in [0.1, 0.15) is 22.3 Å². The van der Waals surface area contributed by atoms with Crippen molar-refractivity contribution in [3.8, 4) is 0 Å². The number of piperidine rings is 1. The third-order valence-corrected chi connectivity index (χ3v) is 6.42. The summed E-state index contributed by atoms with van der Waals surface area (Å²) in [7, 11) is 0. The number of hydrogen-bond acceptors (Lipinski definition) is 5. The van der Waals surface area contributed by atoms with Crippen molar-refractivity contribution in [2.75, 3.05) is 23.3 Å². The monoisotopic (exact) mass is 418 g/mol. The first-order chi connectivity index (χ1) is 13.4. The maximum atomic E-state index is 13.3. The number of benzene rings is 1. The lowest BCUT2D eigenvalue weighted by Crippen LogP contribution is -2.30. The summed E-state index contributed by atoms with van der Waals surface area (Å²) >= 11 is 7.39. The summed E-state index contributed by atoms with van der Waals surface area (Å²) in [6, 6.07) is 3.90. The van der Waals surface area contributed by atoms with Crippen LogP contribution in [0.2, 0.25) is 5.02 Å². The van der Waals surface area contributed by atoms with Crippen LogP contribution in [0.25, 0.3) is 10.2 Å². The van der Waals surface area contributed by atoms with Crippen molar-refractivity contribution in [1.82, 2.24) is 9.97 Å². The summed E-state index contributed by atoms with van der Waals surface area (Å²) in [6.07, 6.45) is 3.52. The van der Waals surface area contributed by atoms with Gasteiger partial charge >= 0.3 is 0 Å². The van der Waals surface area contributed by atoms with E-state index in [4.69, 9.17) is 16.6 Å². The minimum atomic E-state index is -0.446. The standard InChI is InChI=1S/C20H20ClFN4OS/c1-11-16-18(26-8-4-3-5-9-26)23-12(2)24-20(16)28-17(11)19(27)25-15-7-6-13(22)10-14(15)21/h6-7,10H,3-5,8-9H2,1-2H3,(H,25,27). The molecular formula is C20H20ClFN4OS. The summed E-state index contributed by atoms with van der Waals surface area (Å²) in [5.41, 5.74) is 1.24. The first-order valence-corrected chi connectivity index (χ1v) is 10.4. The Kier molecular flexibility index (Phi) is 5.21. The third kappa shape index (κ3) is 3.56. The molecule has 2 aromatic heterocycles. The molecule has 146 valence electrons. The first kappa shape index (κ1) is 19.1. The average Bonchev–Trinajstić information content (AvgIpc) is 3.00. The van der Waals surface area contributed by atoms with Crippen LogP contribution in [0.3, 0.4) is 0 Å². The van der Waals surface area contributed by atoms with Gasteiger partial charge in [0.15, 0.2) is 0 Å². The minimum absolute atomic E-state index is 0.164. The van der Waals surface area contributed by atoms with Crippen molar-refractivity contribution in [3.05, 3.63) is 45.3 Å². The number of fused-ring (bicyclic) bond motifs is 1. The Morgan fingerprint density at radius 2 is 1.96 bits per heavy atom. The highest BCUT2D eigenvalue weighted by Gasteiger charge is 2.24. The van der Waals surface area contributed by atoms with Gasteiger partial charge in [-0.15, -0.1) is 11.3 Å². The number of aromatic nitrogens is 2. The van der Waals surface area contributed by atoms with E-state index in [0.717, 1.165) is 47.5 Å². The zero-order valence-corrected chi connectivity index (χ0v) is 17.3. The molecule has 1 saturated heterocycles. The number of rotatable bonds is 3. The molecular weight excluding hydrogens is 399 g/mol. The lowest BCUT2D eigenvalue weighted by molar-refractivity contribution is 0.103. The molecule has 0 saturated carbocycles. The zero-order valence-electron chi connectivity index (χ0n) is 15.7. The van der Waals surface area contributed by atoms with Gasteiger partial charge in [0.2, 0.25) is 0 Å². The van der Waals surface area contributed by atoms with Crippen molar-refractivity contribution in [1.29, 1.82) is 0 Å². The Morgan fingerprint density at radius 1 is 1.21 bits per heavy atom. The van der Waals surface area contributed by atoms with E-state index in [1.807, 2.05) is 13.8 Å². The van der Waals surface area contributed by atoms with Gasteiger partial charge in [-0.05, 0) is 56.9 Å². The van der Waals surface area contributed by atoms with Crippen LogP contribution in [0.1, 0.15) is 40.3 Å². The molecule has 1 aliphatic heterocycles. The number of carbonyl (C=O) groups is 1. The van der Waals surface area contributed by atoms with Crippen LogP contribution >= 0.6 is 22.9 Å². The van der Waals surface area contributed by atoms with Gasteiger partial charge in [0.05, 0.1) is 21.0 Å². The molecule has 28 heavy (non-hydrogen) atoms. The molecule has 3 heterocycles. The second kappa shape index (κ2) is 7.64. The highest BCUT2D eigenvalue weighted by atomic mass is 35.5. The average molecular weight is 419 g/mol.